The predicted molar refractivity (Wildman–Crippen MR) is 62.1 cm³/mol. The van der Waals surface area contributed by atoms with Gasteiger partial charge < -0.3 is 14.6 Å². The fourth-order valence-electron chi connectivity index (χ4n) is 1.01. The molecule has 0 radical (unpaired) electrons. The first kappa shape index (κ1) is 15.1. The second-order valence-electron chi connectivity index (χ2n) is 3.69. The molecule has 16 heavy (non-hydrogen) atoms. The number of rotatable bonds is 6. The van der Waals surface area contributed by atoms with Crippen LogP contribution in [0.3, 0.4) is 0 Å². The van der Waals surface area contributed by atoms with Crippen LogP contribution in [0.4, 0.5) is 0 Å². The number of carbonyl (C=O) groups is 1. The molecule has 0 saturated carbocycles. The number of ether oxygens (including phenoxy) is 2. The third kappa shape index (κ3) is 8.44. The van der Waals surface area contributed by atoms with E-state index >= 15 is 0 Å². The van der Waals surface area contributed by atoms with E-state index in [2.05, 4.69) is 23.0 Å². The molecule has 4 nitrogen and oxygen atoms in total. The summed E-state index contributed by atoms with van der Waals surface area (Å²) >= 11 is 0. The molecule has 0 aromatic heterocycles. The predicted octanol–water partition coefficient (Wildman–Crippen LogP) is 1.67. The van der Waals surface area contributed by atoms with Gasteiger partial charge in [-0.05, 0) is 12.8 Å². The van der Waals surface area contributed by atoms with E-state index in [1.807, 2.05) is 0 Å². The Labute approximate surface area is 97.2 Å². The first-order chi connectivity index (χ1) is 7.65. The van der Waals surface area contributed by atoms with Crippen LogP contribution in [0.25, 0.3) is 0 Å². The molecule has 4 heteroatoms. The number of aliphatic hydroxyl groups excluding tert-OH is 1. The molecule has 1 N–H and O–H groups in total. The van der Waals surface area contributed by atoms with Gasteiger partial charge in [0.05, 0.1) is 20.3 Å². The lowest BCUT2D eigenvalue weighted by atomic mass is 10.1. The zero-order valence-corrected chi connectivity index (χ0v) is 10.2. The lowest BCUT2D eigenvalue weighted by molar-refractivity contribution is -0.136. The molecule has 0 aromatic rings. The van der Waals surface area contributed by atoms with Crippen LogP contribution >= 0.6 is 0 Å². The smallest absolute Gasteiger partial charge is 0.333 e. The molecule has 0 aromatic carbocycles. The second-order valence-corrected chi connectivity index (χ2v) is 3.69. The summed E-state index contributed by atoms with van der Waals surface area (Å²) in [5.74, 6) is -0.277. The van der Waals surface area contributed by atoms with E-state index < -0.39 is 0 Å². The number of hydrogen-bond donors (Lipinski definition) is 1. The van der Waals surface area contributed by atoms with Gasteiger partial charge in [0.2, 0.25) is 0 Å². The van der Waals surface area contributed by atoms with Gasteiger partial charge in [0.15, 0.2) is 0 Å². The topological polar surface area (TPSA) is 59.1 Å². The van der Waals surface area contributed by atoms with Gasteiger partial charge in [-0.15, -0.1) is 0 Å². The van der Waals surface area contributed by atoms with E-state index in [0.717, 1.165) is 32.3 Å². The molecule has 0 spiro atoms. The standard InChI is InChI=1S/C9H16O2.C3H6O2/c1-4-5-6-7-8(2)9(10)11-3;4-1-3-2-5-3/h2,4-7H2,1,3H3;3-4H,1-2H2. The van der Waals surface area contributed by atoms with Crippen LogP contribution in [-0.2, 0) is 14.3 Å². The van der Waals surface area contributed by atoms with Crippen LogP contribution in [0.5, 0.6) is 0 Å². The minimum Gasteiger partial charge on any atom is -0.466 e. The Kier molecular flexibility index (Phi) is 8.85. The molecule has 1 unspecified atom stereocenters. The van der Waals surface area contributed by atoms with Crippen molar-refractivity contribution in [2.45, 2.75) is 38.7 Å². The molecule has 94 valence electrons. The van der Waals surface area contributed by atoms with Crippen molar-refractivity contribution in [3.8, 4) is 0 Å². The average Bonchev–Trinajstić information content (AvgIpc) is 3.12. The van der Waals surface area contributed by atoms with Crippen LogP contribution in [-0.4, -0.2) is 37.5 Å². The van der Waals surface area contributed by atoms with E-state index in [1.165, 1.54) is 7.11 Å². The fraction of sp³-hybridized carbons (Fsp3) is 0.750. The number of carbonyl (C=O) groups excluding carboxylic acids is 1. The SMILES string of the molecule is C=C(CCCCC)C(=O)OC.OCC1CO1. The molecule has 0 amide bonds. The highest BCUT2D eigenvalue weighted by Crippen LogP contribution is 2.07. The Morgan fingerprint density at radius 2 is 2.19 bits per heavy atom. The lowest BCUT2D eigenvalue weighted by Crippen LogP contribution is -2.03. The molecule has 0 bridgehead atoms. The molecule has 1 fully saturated rings. The van der Waals surface area contributed by atoms with Crippen molar-refractivity contribution < 1.29 is 19.4 Å². The molecular weight excluding hydrogens is 208 g/mol. The van der Waals surface area contributed by atoms with Crippen molar-refractivity contribution in [2.75, 3.05) is 20.3 Å². The van der Waals surface area contributed by atoms with Gasteiger partial charge in [-0.3, -0.25) is 0 Å². The molecule has 1 atom stereocenters. The quantitative estimate of drug-likeness (QED) is 0.326. The maximum absolute atomic E-state index is 10.8. The number of methoxy groups -OCH3 is 1. The van der Waals surface area contributed by atoms with Crippen LogP contribution in [0.1, 0.15) is 32.6 Å². The van der Waals surface area contributed by atoms with Crippen LogP contribution < -0.4 is 0 Å². The van der Waals surface area contributed by atoms with Crippen LogP contribution in [0.2, 0.25) is 0 Å². The Morgan fingerprint density at radius 1 is 1.56 bits per heavy atom. The average molecular weight is 230 g/mol. The van der Waals surface area contributed by atoms with E-state index in [-0.39, 0.29) is 18.7 Å². The maximum Gasteiger partial charge on any atom is 0.333 e. The van der Waals surface area contributed by atoms with E-state index in [9.17, 15) is 4.79 Å². The Bertz CT molecular complexity index is 209. The van der Waals surface area contributed by atoms with Gasteiger partial charge in [-0.1, -0.05) is 26.3 Å². The summed E-state index contributed by atoms with van der Waals surface area (Å²) in [6, 6.07) is 0. The summed E-state index contributed by atoms with van der Waals surface area (Å²) in [6.07, 6.45) is 4.30. The van der Waals surface area contributed by atoms with Crippen molar-refractivity contribution in [1.82, 2.24) is 0 Å². The van der Waals surface area contributed by atoms with Crippen LogP contribution in [0.15, 0.2) is 12.2 Å². The molecule has 1 heterocycles. The molecule has 1 aliphatic heterocycles. The van der Waals surface area contributed by atoms with Crippen molar-refractivity contribution >= 4 is 5.97 Å². The summed E-state index contributed by atoms with van der Waals surface area (Å²) in [7, 11) is 1.38. The number of aliphatic hydroxyl groups is 1. The van der Waals surface area contributed by atoms with Gasteiger partial charge in [0.25, 0.3) is 0 Å². The second kappa shape index (κ2) is 9.36. The summed E-state index contributed by atoms with van der Waals surface area (Å²) in [5.41, 5.74) is 0.584. The minimum atomic E-state index is -0.277. The number of hydrogen-bond acceptors (Lipinski definition) is 4. The fourth-order valence-corrected chi connectivity index (χ4v) is 1.01. The van der Waals surface area contributed by atoms with Crippen molar-refractivity contribution in [1.29, 1.82) is 0 Å². The molecule has 1 saturated heterocycles. The monoisotopic (exact) mass is 230 g/mol. The highest BCUT2D eigenvalue weighted by atomic mass is 16.6. The summed E-state index contributed by atoms with van der Waals surface area (Å²) < 4.78 is 9.11. The zero-order valence-electron chi connectivity index (χ0n) is 10.2. The molecule has 1 aliphatic rings. The van der Waals surface area contributed by atoms with E-state index in [4.69, 9.17) is 5.11 Å². The molecule has 1 rings (SSSR count). The lowest BCUT2D eigenvalue weighted by Gasteiger charge is -2.01. The van der Waals surface area contributed by atoms with Gasteiger partial charge in [-0.2, -0.15) is 0 Å². The number of unbranched alkanes of at least 4 members (excludes halogenated alkanes) is 2. The Hall–Kier alpha value is -0.870. The van der Waals surface area contributed by atoms with Gasteiger partial charge in [0.1, 0.15) is 6.10 Å². The van der Waals surface area contributed by atoms with Crippen molar-refractivity contribution in [3.05, 3.63) is 12.2 Å². The van der Waals surface area contributed by atoms with Gasteiger partial charge in [-0.25, -0.2) is 4.79 Å². The first-order valence-corrected chi connectivity index (χ1v) is 5.64. The largest absolute Gasteiger partial charge is 0.466 e. The van der Waals surface area contributed by atoms with Gasteiger partial charge >= 0.3 is 5.97 Å². The highest BCUT2D eigenvalue weighted by Gasteiger charge is 2.19. The maximum atomic E-state index is 10.8. The minimum absolute atomic E-state index is 0.190. The summed E-state index contributed by atoms with van der Waals surface area (Å²) in [5, 5.41) is 8.08. The van der Waals surface area contributed by atoms with E-state index in [0.29, 0.717) is 5.57 Å². The normalized spacial score (nSPS) is 17.1. The number of esters is 1. The van der Waals surface area contributed by atoms with Gasteiger partial charge in [0, 0.05) is 5.57 Å². The Morgan fingerprint density at radius 3 is 2.50 bits per heavy atom. The third-order valence-electron chi connectivity index (χ3n) is 2.16. The highest BCUT2D eigenvalue weighted by molar-refractivity contribution is 5.87. The van der Waals surface area contributed by atoms with Crippen molar-refractivity contribution in [2.24, 2.45) is 0 Å². The first-order valence-electron chi connectivity index (χ1n) is 5.64. The van der Waals surface area contributed by atoms with Crippen molar-refractivity contribution in [3.63, 3.8) is 0 Å². The molecule has 0 aliphatic carbocycles. The van der Waals surface area contributed by atoms with E-state index in [1.54, 1.807) is 0 Å². The third-order valence-corrected chi connectivity index (χ3v) is 2.16. The van der Waals surface area contributed by atoms with Crippen LogP contribution in [0, 0.1) is 0 Å². The molecular formula is C12H22O4. The summed E-state index contributed by atoms with van der Waals surface area (Å²) in [4.78, 5) is 10.8. The summed E-state index contributed by atoms with van der Waals surface area (Å²) in [6.45, 7) is 6.70. The Balaban J connectivity index is 0.000000368. The zero-order chi connectivity index (χ0) is 12.4. The number of epoxide rings is 1.